The van der Waals surface area contributed by atoms with Crippen molar-refractivity contribution in [1.29, 1.82) is 0 Å². The molecule has 136 valence electrons. The molecule has 5 heteroatoms. The van der Waals surface area contributed by atoms with E-state index in [2.05, 4.69) is 0 Å². The third-order valence-corrected chi connectivity index (χ3v) is 5.81. The second-order valence-electron chi connectivity index (χ2n) is 7.63. The summed E-state index contributed by atoms with van der Waals surface area (Å²) in [5.41, 5.74) is 2.20. The lowest BCUT2D eigenvalue weighted by Crippen LogP contribution is -2.38. The second kappa shape index (κ2) is 6.13. The molecule has 0 aromatic heterocycles. The summed E-state index contributed by atoms with van der Waals surface area (Å²) in [5, 5.41) is 11.1. The first kappa shape index (κ1) is 17.9. The highest BCUT2D eigenvalue weighted by atomic mass is 16.6. The molecule has 0 aromatic carbocycles. The van der Waals surface area contributed by atoms with Crippen molar-refractivity contribution in [2.45, 2.75) is 65.3 Å². The van der Waals surface area contributed by atoms with Crippen molar-refractivity contribution in [2.75, 3.05) is 0 Å². The molecule has 5 atom stereocenters. The summed E-state index contributed by atoms with van der Waals surface area (Å²) in [6.07, 6.45) is 3.64. The van der Waals surface area contributed by atoms with Crippen LogP contribution in [0.4, 0.5) is 0 Å². The zero-order valence-corrected chi connectivity index (χ0v) is 15.5. The van der Waals surface area contributed by atoms with E-state index in [0.717, 1.165) is 23.1 Å². The van der Waals surface area contributed by atoms with Crippen LogP contribution in [-0.2, 0) is 19.1 Å². The molecular weight excluding hydrogens is 320 g/mol. The standard InChI is InChI=1S/C20H26O5/c1-6-10(2)18(21)24-14-9-20(5,23)13-8-7-11(3)15(13)17-16(14)12(4)19(22)25-17/h6,8,12,14,16-17,23H,7,9H2,1-5H3/b10-6+/t12-,14-,16+,17+,20+/m0/s1. The van der Waals surface area contributed by atoms with E-state index in [4.69, 9.17) is 9.47 Å². The Kier molecular flexibility index (Phi) is 4.40. The lowest BCUT2D eigenvalue weighted by atomic mass is 9.83. The van der Waals surface area contributed by atoms with E-state index in [1.807, 2.05) is 19.9 Å². The lowest BCUT2D eigenvalue weighted by Gasteiger charge is -2.29. The number of ether oxygens (including phenoxy) is 2. The van der Waals surface area contributed by atoms with Crippen molar-refractivity contribution < 1.29 is 24.2 Å². The smallest absolute Gasteiger partial charge is 0.333 e. The molecule has 1 N–H and O–H groups in total. The van der Waals surface area contributed by atoms with Gasteiger partial charge in [0.15, 0.2) is 0 Å². The SMILES string of the molecule is C/C=C(\C)C(=O)O[C@H]1C[C@@](C)(O)C2=CCC(C)=C2[C@H]2OC(=O)[C@@H](C)[C@H]12. The number of aliphatic hydroxyl groups is 1. The molecule has 3 rings (SSSR count). The van der Waals surface area contributed by atoms with Gasteiger partial charge in [-0.1, -0.05) is 24.6 Å². The lowest BCUT2D eigenvalue weighted by molar-refractivity contribution is -0.151. The Bertz CT molecular complexity index is 710. The average molecular weight is 346 g/mol. The fourth-order valence-electron chi connectivity index (χ4n) is 4.22. The zero-order chi connectivity index (χ0) is 18.5. The molecule has 2 aliphatic carbocycles. The minimum absolute atomic E-state index is 0.250. The van der Waals surface area contributed by atoms with E-state index in [0.29, 0.717) is 5.57 Å². The Morgan fingerprint density at radius 2 is 2.16 bits per heavy atom. The number of carbonyl (C=O) groups is 2. The molecule has 0 aromatic rings. The van der Waals surface area contributed by atoms with Crippen LogP contribution in [0.25, 0.3) is 0 Å². The summed E-state index contributed by atoms with van der Waals surface area (Å²) in [6, 6.07) is 0. The Balaban J connectivity index is 2.04. The first-order valence-electron chi connectivity index (χ1n) is 8.84. The molecular formula is C20H26O5. The largest absolute Gasteiger partial charge is 0.458 e. The van der Waals surface area contributed by atoms with E-state index in [9.17, 15) is 14.7 Å². The molecule has 1 aliphatic heterocycles. The summed E-state index contributed by atoms with van der Waals surface area (Å²) in [6.45, 7) is 9.02. The molecule has 2 fully saturated rings. The summed E-state index contributed by atoms with van der Waals surface area (Å²) < 4.78 is 11.4. The van der Waals surface area contributed by atoms with Crippen molar-refractivity contribution in [1.82, 2.24) is 0 Å². The number of fused-ring (bicyclic) bond motifs is 3. The normalized spacial score (nSPS) is 37.9. The van der Waals surface area contributed by atoms with Gasteiger partial charge in [-0.25, -0.2) is 4.79 Å². The number of allylic oxidation sites excluding steroid dienone is 3. The van der Waals surface area contributed by atoms with Gasteiger partial charge < -0.3 is 14.6 Å². The Morgan fingerprint density at radius 1 is 1.48 bits per heavy atom. The third kappa shape index (κ3) is 2.84. The molecule has 25 heavy (non-hydrogen) atoms. The van der Waals surface area contributed by atoms with Crippen molar-refractivity contribution in [2.24, 2.45) is 11.8 Å². The predicted molar refractivity (Wildman–Crippen MR) is 92.5 cm³/mol. The van der Waals surface area contributed by atoms with Crippen LogP contribution in [-0.4, -0.2) is 34.9 Å². The molecule has 0 bridgehead atoms. The van der Waals surface area contributed by atoms with Gasteiger partial charge >= 0.3 is 11.9 Å². The van der Waals surface area contributed by atoms with Crippen LogP contribution in [0.2, 0.25) is 0 Å². The first-order chi connectivity index (χ1) is 11.7. The fourth-order valence-corrected chi connectivity index (χ4v) is 4.22. The van der Waals surface area contributed by atoms with Crippen molar-refractivity contribution in [3.05, 3.63) is 34.4 Å². The van der Waals surface area contributed by atoms with Crippen molar-refractivity contribution in [3.63, 3.8) is 0 Å². The van der Waals surface area contributed by atoms with Gasteiger partial charge in [-0.05, 0) is 45.3 Å². The molecule has 1 heterocycles. The van der Waals surface area contributed by atoms with Gasteiger partial charge in [-0.3, -0.25) is 4.79 Å². The van der Waals surface area contributed by atoms with Gasteiger partial charge in [0.05, 0.1) is 17.4 Å². The maximum absolute atomic E-state index is 12.3. The van der Waals surface area contributed by atoms with Gasteiger partial charge in [0, 0.05) is 12.0 Å². The van der Waals surface area contributed by atoms with Crippen LogP contribution in [0.1, 0.15) is 47.5 Å². The Morgan fingerprint density at radius 3 is 2.80 bits per heavy atom. The highest BCUT2D eigenvalue weighted by molar-refractivity contribution is 5.88. The molecule has 0 unspecified atom stereocenters. The fraction of sp³-hybridized carbons (Fsp3) is 0.600. The van der Waals surface area contributed by atoms with Gasteiger partial charge in [-0.15, -0.1) is 0 Å². The Labute approximate surface area is 148 Å². The van der Waals surface area contributed by atoms with E-state index in [-0.39, 0.29) is 24.2 Å². The van der Waals surface area contributed by atoms with E-state index in [1.165, 1.54) is 0 Å². The molecule has 3 aliphatic rings. The number of hydrogen-bond acceptors (Lipinski definition) is 5. The van der Waals surface area contributed by atoms with Crippen LogP contribution in [0.3, 0.4) is 0 Å². The van der Waals surface area contributed by atoms with Gasteiger partial charge in [0.25, 0.3) is 0 Å². The van der Waals surface area contributed by atoms with E-state index >= 15 is 0 Å². The number of hydrogen-bond donors (Lipinski definition) is 1. The highest BCUT2D eigenvalue weighted by Crippen LogP contribution is 2.50. The molecule has 0 radical (unpaired) electrons. The zero-order valence-electron chi connectivity index (χ0n) is 15.5. The van der Waals surface area contributed by atoms with Gasteiger partial charge in [-0.2, -0.15) is 0 Å². The predicted octanol–water partition coefficient (Wildman–Crippen LogP) is 2.84. The van der Waals surface area contributed by atoms with Crippen LogP contribution in [0.15, 0.2) is 34.4 Å². The minimum Gasteiger partial charge on any atom is -0.458 e. The van der Waals surface area contributed by atoms with E-state index in [1.54, 1.807) is 26.8 Å². The van der Waals surface area contributed by atoms with E-state index < -0.39 is 23.8 Å². The van der Waals surface area contributed by atoms with Gasteiger partial charge in [0.2, 0.25) is 0 Å². The highest BCUT2D eigenvalue weighted by Gasteiger charge is 2.56. The van der Waals surface area contributed by atoms with Crippen LogP contribution in [0.5, 0.6) is 0 Å². The first-order valence-corrected chi connectivity index (χ1v) is 8.84. The topological polar surface area (TPSA) is 72.8 Å². The molecule has 1 saturated carbocycles. The van der Waals surface area contributed by atoms with Gasteiger partial charge in [0.1, 0.15) is 12.2 Å². The number of rotatable bonds is 2. The summed E-state index contributed by atoms with van der Waals surface area (Å²) in [4.78, 5) is 24.6. The molecule has 0 spiro atoms. The third-order valence-electron chi connectivity index (χ3n) is 5.81. The van der Waals surface area contributed by atoms with Crippen LogP contribution < -0.4 is 0 Å². The summed E-state index contributed by atoms with van der Waals surface area (Å²) >= 11 is 0. The van der Waals surface area contributed by atoms with Crippen LogP contribution in [0, 0.1) is 11.8 Å². The molecule has 5 nitrogen and oxygen atoms in total. The average Bonchev–Trinajstić information content (AvgIpc) is 3.03. The minimum atomic E-state index is -1.13. The van der Waals surface area contributed by atoms with Crippen molar-refractivity contribution >= 4 is 11.9 Å². The number of carbonyl (C=O) groups excluding carboxylic acids is 2. The summed E-state index contributed by atoms with van der Waals surface area (Å²) in [7, 11) is 0. The maximum Gasteiger partial charge on any atom is 0.333 e. The molecule has 1 saturated heterocycles. The monoisotopic (exact) mass is 346 g/mol. The molecule has 0 amide bonds. The number of esters is 2. The maximum atomic E-state index is 12.3. The quantitative estimate of drug-likeness (QED) is 0.615. The second-order valence-corrected chi connectivity index (χ2v) is 7.63. The van der Waals surface area contributed by atoms with Crippen molar-refractivity contribution in [3.8, 4) is 0 Å². The van der Waals surface area contributed by atoms with Crippen LogP contribution >= 0.6 is 0 Å². The summed E-state index contributed by atoms with van der Waals surface area (Å²) in [5.74, 6) is -1.36. The Hall–Kier alpha value is -1.88.